The van der Waals surface area contributed by atoms with Crippen molar-refractivity contribution in [3.05, 3.63) is 29.8 Å². The summed E-state index contributed by atoms with van der Waals surface area (Å²) in [4.78, 5) is 22.6. The maximum absolute atomic E-state index is 11.9. The summed E-state index contributed by atoms with van der Waals surface area (Å²) in [5.74, 6) is -1.20. The lowest BCUT2D eigenvalue weighted by Gasteiger charge is -2.05. The maximum atomic E-state index is 11.9. The Morgan fingerprint density at radius 1 is 1.33 bits per heavy atom. The number of aromatic carboxylic acids is 1. The van der Waals surface area contributed by atoms with Gasteiger partial charge in [-0.1, -0.05) is 0 Å². The third kappa shape index (κ3) is 3.47. The van der Waals surface area contributed by atoms with Gasteiger partial charge in [0.1, 0.15) is 0 Å². The minimum absolute atomic E-state index is 0.107. The van der Waals surface area contributed by atoms with Crippen molar-refractivity contribution in [3.63, 3.8) is 0 Å². The predicted molar refractivity (Wildman–Crippen MR) is 75.1 cm³/mol. The van der Waals surface area contributed by atoms with Crippen molar-refractivity contribution in [2.24, 2.45) is 0 Å². The minimum Gasteiger partial charge on any atom is -0.478 e. The second kappa shape index (κ2) is 6.21. The summed E-state index contributed by atoms with van der Waals surface area (Å²) in [6.07, 6.45) is 4.48. The lowest BCUT2D eigenvalue weighted by atomic mass is 10.3. The molecule has 0 aliphatic heterocycles. The lowest BCUT2D eigenvalue weighted by Crippen LogP contribution is -2.15. The molecule has 1 amide bonds. The smallest absolute Gasteiger partial charge is 0.338 e. The average molecular weight is 291 g/mol. The summed E-state index contributed by atoms with van der Waals surface area (Å²) < 4.78 is 3.23. The van der Waals surface area contributed by atoms with Gasteiger partial charge in [-0.05, 0) is 13.8 Å². The molecule has 2 heterocycles. The van der Waals surface area contributed by atoms with Crippen LogP contribution in [0.15, 0.2) is 18.6 Å². The van der Waals surface area contributed by atoms with Gasteiger partial charge in [0.15, 0.2) is 0 Å². The fraction of sp³-hybridized carbons (Fsp3) is 0.385. The highest BCUT2D eigenvalue weighted by molar-refractivity contribution is 5.91. The van der Waals surface area contributed by atoms with Crippen LogP contribution >= 0.6 is 0 Å². The quantitative estimate of drug-likeness (QED) is 0.830. The molecule has 2 aromatic rings. The molecule has 2 aromatic heterocycles. The molecular formula is C13H17N5O3. The number of carbonyl (C=O) groups excluding carboxylic acids is 1. The number of aromatic nitrogens is 4. The number of carboxylic acids is 1. The van der Waals surface area contributed by atoms with E-state index in [1.807, 2.05) is 13.8 Å². The van der Waals surface area contributed by atoms with Crippen LogP contribution in [0, 0.1) is 6.92 Å². The third-order valence-corrected chi connectivity index (χ3v) is 3.12. The number of rotatable bonds is 6. The van der Waals surface area contributed by atoms with E-state index in [1.54, 1.807) is 10.9 Å². The van der Waals surface area contributed by atoms with Crippen LogP contribution in [-0.2, 0) is 17.9 Å². The van der Waals surface area contributed by atoms with Crippen molar-refractivity contribution >= 4 is 17.6 Å². The molecule has 0 aliphatic rings. The molecule has 0 aliphatic carbocycles. The van der Waals surface area contributed by atoms with E-state index < -0.39 is 5.97 Å². The van der Waals surface area contributed by atoms with Crippen molar-refractivity contribution in [2.75, 3.05) is 5.32 Å². The van der Waals surface area contributed by atoms with E-state index in [0.29, 0.717) is 12.2 Å². The van der Waals surface area contributed by atoms with E-state index in [2.05, 4.69) is 15.5 Å². The Morgan fingerprint density at radius 3 is 2.67 bits per heavy atom. The molecule has 8 nitrogen and oxygen atoms in total. The van der Waals surface area contributed by atoms with Gasteiger partial charge in [-0.2, -0.15) is 10.2 Å². The van der Waals surface area contributed by atoms with E-state index in [0.717, 1.165) is 12.2 Å². The van der Waals surface area contributed by atoms with Crippen molar-refractivity contribution < 1.29 is 14.7 Å². The van der Waals surface area contributed by atoms with Gasteiger partial charge in [0.25, 0.3) is 0 Å². The first-order valence-corrected chi connectivity index (χ1v) is 6.59. The molecule has 21 heavy (non-hydrogen) atoms. The van der Waals surface area contributed by atoms with Gasteiger partial charge in [0, 0.05) is 25.7 Å². The molecule has 0 saturated carbocycles. The van der Waals surface area contributed by atoms with Gasteiger partial charge >= 0.3 is 5.97 Å². The second-order valence-electron chi connectivity index (χ2n) is 4.55. The first-order valence-electron chi connectivity index (χ1n) is 6.59. The highest BCUT2D eigenvalue weighted by Gasteiger charge is 2.10. The first kappa shape index (κ1) is 14.8. The van der Waals surface area contributed by atoms with E-state index >= 15 is 0 Å². The van der Waals surface area contributed by atoms with Crippen molar-refractivity contribution in [2.45, 2.75) is 33.4 Å². The van der Waals surface area contributed by atoms with Crippen molar-refractivity contribution in [1.29, 1.82) is 0 Å². The van der Waals surface area contributed by atoms with Crippen molar-refractivity contribution in [1.82, 2.24) is 19.6 Å². The highest BCUT2D eigenvalue weighted by Crippen LogP contribution is 2.13. The molecule has 0 unspecified atom stereocenters. The first-order chi connectivity index (χ1) is 10.0. The number of carbonyl (C=O) groups is 2. The number of nitrogens with one attached hydrogen (secondary N) is 1. The zero-order chi connectivity index (χ0) is 15.4. The Labute approximate surface area is 121 Å². The van der Waals surface area contributed by atoms with Crippen LogP contribution in [0.3, 0.4) is 0 Å². The van der Waals surface area contributed by atoms with Gasteiger partial charge in [-0.15, -0.1) is 0 Å². The molecule has 0 aromatic carbocycles. The molecule has 2 rings (SSSR count). The van der Waals surface area contributed by atoms with Gasteiger partial charge in [-0.25, -0.2) is 4.79 Å². The maximum Gasteiger partial charge on any atom is 0.338 e. The normalized spacial score (nSPS) is 10.6. The van der Waals surface area contributed by atoms with Crippen LogP contribution in [0.2, 0.25) is 0 Å². The second-order valence-corrected chi connectivity index (χ2v) is 4.55. The summed E-state index contributed by atoms with van der Waals surface area (Å²) in [6.45, 7) is 4.93. The summed E-state index contributed by atoms with van der Waals surface area (Å²) in [7, 11) is 0. The van der Waals surface area contributed by atoms with E-state index in [-0.39, 0.29) is 17.9 Å². The Kier molecular flexibility index (Phi) is 4.36. The molecule has 0 fully saturated rings. The fourth-order valence-electron chi connectivity index (χ4n) is 1.91. The molecule has 0 radical (unpaired) electrons. The lowest BCUT2D eigenvalue weighted by molar-refractivity contribution is -0.116. The predicted octanol–water partition coefficient (Wildman–Crippen LogP) is 1.13. The molecule has 0 spiro atoms. The average Bonchev–Trinajstić information content (AvgIpc) is 3.05. The van der Waals surface area contributed by atoms with Gasteiger partial charge in [0.2, 0.25) is 5.91 Å². The molecule has 0 atom stereocenters. The van der Waals surface area contributed by atoms with E-state index in [1.165, 1.54) is 17.1 Å². The minimum atomic E-state index is -1.03. The zero-order valence-corrected chi connectivity index (χ0v) is 11.9. The number of anilines is 1. The third-order valence-electron chi connectivity index (χ3n) is 3.12. The Morgan fingerprint density at radius 2 is 2.10 bits per heavy atom. The van der Waals surface area contributed by atoms with E-state index in [4.69, 9.17) is 5.11 Å². The number of nitrogens with zero attached hydrogens (tertiary/aromatic N) is 4. The fourth-order valence-corrected chi connectivity index (χ4v) is 1.91. The standard InChI is InChI=1S/C13H17N5O3/c1-3-18-9(2)11(7-15-18)16-12(19)4-5-17-8-10(6-14-17)13(20)21/h6-8H,3-5H2,1-2H3,(H,16,19)(H,20,21). The Hall–Kier alpha value is -2.64. The van der Waals surface area contributed by atoms with Crippen LogP contribution in [0.25, 0.3) is 0 Å². The van der Waals surface area contributed by atoms with Crippen LogP contribution in [0.4, 0.5) is 5.69 Å². The molecule has 112 valence electrons. The van der Waals surface area contributed by atoms with Gasteiger partial charge in [-0.3, -0.25) is 14.2 Å². The number of carboxylic acid groups (broad SMARTS) is 1. The molecule has 8 heteroatoms. The topological polar surface area (TPSA) is 102 Å². The molecular weight excluding hydrogens is 274 g/mol. The van der Waals surface area contributed by atoms with Gasteiger partial charge in [0.05, 0.1) is 29.3 Å². The van der Waals surface area contributed by atoms with Crippen LogP contribution in [-0.4, -0.2) is 36.5 Å². The van der Waals surface area contributed by atoms with Crippen LogP contribution in [0.1, 0.15) is 29.4 Å². The summed E-state index contributed by atoms with van der Waals surface area (Å²) >= 11 is 0. The van der Waals surface area contributed by atoms with Crippen molar-refractivity contribution in [3.8, 4) is 0 Å². The summed E-state index contributed by atoms with van der Waals surface area (Å²) in [6, 6.07) is 0. The number of hydrogen-bond acceptors (Lipinski definition) is 4. The Balaban J connectivity index is 1.89. The molecule has 0 bridgehead atoms. The zero-order valence-electron chi connectivity index (χ0n) is 11.9. The van der Waals surface area contributed by atoms with Crippen LogP contribution < -0.4 is 5.32 Å². The van der Waals surface area contributed by atoms with E-state index in [9.17, 15) is 9.59 Å². The van der Waals surface area contributed by atoms with Gasteiger partial charge < -0.3 is 10.4 Å². The molecule has 0 saturated heterocycles. The Bertz CT molecular complexity index is 659. The number of amides is 1. The monoisotopic (exact) mass is 291 g/mol. The molecule has 2 N–H and O–H groups in total. The van der Waals surface area contributed by atoms with Crippen LogP contribution in [0.5, 0.6) is 0 Å². The largest absolute Gasteiger partial charge is 0.478 e. The number of aryl methyl sites for hydroxylation is 2. The summed E-state index contributed by atoms with van der Waals surface area (Å²) in [5.41, 5.74) is 1.70. The highest BCUT2D eigenvalue weighted by atomic mass is 16.4. The number of hydrogen-bond donors (Lipinski definition) is 2. The SMILES string of the molecule is CCn1ncc(NC(=O)CCn2cc(C(=O)O)cn2)c1C. The summed E-state index contributed by atoms with van der Waals surface area (Å²) in [5, 5.41) is 19.6.